The summed E-state index contributed by atoms with van der Waals surface area (Å²) in [6.07, 6.45) is 8.38. The average molecular weight is 425 g/mol. The van der Waals surface area contributed by atoms with E-state index in [0.29, 0.717) is 48.2 Å². The Bertz CT molecular complexity index is 931. The lowest BCUT2D eigenvalue weighted by molar-refractivity contribution is -0.144. The fourth-order valence-corrected chi connectivity index (χ4v) is 6.92. The van der Waals surface area contributed by atoms with Crippen LogP contribution in [0.5, 0.6) is 0 Å². The highest BCUT2D eigenvalue weighted by Crippen LogP contribution is 2.65. The third-order valence-corrected chi connectivity index (χ3v) is 8.59. The molecule has 3 amide bonds. The minimum Gasteiger partial charge on any atom is -0.325 e. The van der Waals surface area contributed by atoms with Crippen molar-refractivity contribution in [1.29, 1.82) is 0 Å². The molecule has 0 unspecified atom stereocenters. The van der Waals surface area contributed by atoms with Gasteiger partial charge in [-0.15, -0.1) is 0 Å². The predicted octanol–water partition coefficient (Wildman–Crippen LogP) is 3.89. The molecular formula is C24H25ClN2O3. The first-order valence-corrected chi connectivity index (χ1v) is 11.5. The number of allylic oxidation sites excluding steroid dienone is 2. The van der Waals surface area contributed by atoms with Gasteiger partial charge in [-0.3, -0.25) is 19.3 Å². The third kappa shape index (κ3) is 2.64. The molecule has 5 aliphatic carbocycles. The number of likely N-dealkylation sites (tertiary alicyclic amines) is 1. The Labute approximate surface area is 180 Å². The van der Waals surface area contributed by atoms with E-state index in [9.17, 15) is 14.4 Å². The van der Waals surface area contributed by atoms with E-state index in [1.165, 1.54) is 6.42 Å². The highest BCUT2D eigenvalue weighted by atomic mass is 35.5. The SMILES string of the molecule is O=C(Nc1ccccc1Cl)C1CCC(N2C(=O)[C@@H]3[C@H]4C=C[C@H]([C@H]5C[C@H]45)[C@@H]3C2=O)CC1. The topological polar surface area (TPSA) is 66.5 Å². The van der Waals surface area contributed by atoms with E-state index >= 15 is 0 Å². The Morgan fingerprint density at radius 2 is 1.53 bits per heavy atom. The number of benzene rings is 1. The molecule has 1 heterocycles. The summed E-state index contributed by atoms with van der Waals surface area (Å²) in [5, 5.41) is 3.45. The smallest absolute Gasteiger partial charge is 0.233 e. The molecule has 1 aliphatic heterocycles. The first-order valence-electron chi connectivity index (χ1n) is 11.1. The van der Waals surface area contributed by atoms with E-state index in [0.717, 1.165) is 0 Å². The molecule has 1 N–H and O–H groups in total. The Morgan fingerprint density at radius 3 is 2.13 bits per heavy atom. The monoisotopic (exact) mass is 424 g/mol. The number of imide groups is 1. The maximum atomic E-state index is 13.3. The Morgan fingerprint density at radius 1 is 0.933 bits per heavy atom. The second-order valence-electron chi connectivity index (χ2n) is 9.68. The Balaban J connectivity index is 1.12. The zero-order valence-corrected chi connectivity index (χ0v) is 17.4. The minimum atomic E-state index is -0.127. The number of carbonyl (C=O) groups is 3. The van der Waals surface area contributed by atoms with Crippen LogP contribution in [-0.4, -0.2) is 28.7 Å². The number of halogens is 1. The van der Waals surface area contributed by atoms with Crippen LogP contribution in [0.25, 0.3) is 0 Å². The van der Waals surface area contributed by atoms with Crippen molar-refractivity contribution >= 4 is 35.0 Å². The van der Waals surface area contributed by atoms with Crippen LogP contribution in [0.2, 0.25) is 5.02 Å². The summed E-state index contributed by atoms with van der Waals surface area (Å²) in [7, 11) is 0. The van der Waals surface area contributed by atoms with Crippen molar-refractivity contribution in [2.75, 3.05) is 5.32 Å². The number of rotatable bonds is 3. The Hall–Kier alpha value is -2.14. The van der Waals surface area contributed by atoms with Gasteiger partial charge in [-0.25, -0.2) is 0 Å². The molecule has 7 rings (SSSR count). The molecule has 5 nitrogen and oxygen atoms in total. The maximum Gasteiger partial charge on any atom is 0.233 e. The van der Waals surface area contributed by atoms with Gasteiger partial charge in [0.1, 0.15) is 0 Å². The first kappa shape index (κ1) is 18.6. The summed E-state index contributed by atoms with van der Waals surface area (Å²) < 4.78 is 0. The lowest BCUT2D eigenvalue weighted by Gasteiger charge is -2.37. The van der Waals surface area contributed by atoms with Gasteiger partial charge in [-0.05, 0) is 67.9 Å². The van der Waals surface area contributed by atoms with Crippen LogP contribution in [-0.2, 0) is 14.4 Å². The molecule has 2 bridgehead atoms. The lowest BCUT2D eigenvalue weighted by Crippen LogP contribution is -2.44. The molecule has 4 fully saturated rings. The number of hydrogen-bond acceptors (Lipinski definition) is 3. The molecule has 6 heteroatoms. The van der Waals surface area contributed by atoms with E-state index in [1.54, 1.807) is 17.0 Å². The van der Waals surface area contributed by atoms with Crippen LogP contribution in [0.1, 0.15) is 32.1 Å². The van der Waals surface area contributed by atoms with Crippen molar-refractivity contribution < 1.29 is 14.4 Å². The van der Waals surface area contributed by atoms with E-state index < -0.39 is 0 Å². The maximum absolute atomic E-state index is 13.3. The highest BCUT2D eigenvalue weighted by Gasteiger charge is 2.67. The molecule has 0 radical (unpaired) electrons. The fraction of sp³-hybridized carbons (Fsp3) is 0.542. The van der Waals surface area contributed by atoms with E-state index in [2.05, 4.69) is 17.5 Å². The molecule has 6 atom stereocenters. The quantitative estimate of drug-likeness (QED) is 0.591. The van der Waals surface area contributed by atoms with Crippen LogP contribution < -0.4 is 5.32 Å². The molecular weight excluding hydrogens is 400 g/mol. The number of amides is 3. The van der Waals surface area contributed by atoms with Crippen molar-refractivity contribution in [3.8, 4) is 0 Å². The van der Waals surface area contributed by atoms with Crippen LogP contribution in [0.15, 0.2) is 36.4 Å². The molecule has 1 aromatic carbocycles. The summed E-state index contributed by atoms with van der Waals surface area (Å²) in [4.78, 5) is 40.8. The largest absolute Gasteiger partial charge is 0.325 e. The molecule has 3 saturated carbocycles. The van der Waals surface area contributed by atoms with Crippen molar-refractivity contribution in [2.45, 2.75) is 38.1 Å². The standard InChI is InChI=1S/C24H25ClN2O3/c25-18-3-1-2-4-19(18)26-22(28)12-5-7-13(8-6-12)27-23(29)20-14-9-10-15(17-11-16(14)17)21(20)24(27)30/h1-4,9-10,12-17,20-21H,5-8,11H2,(H,26,28)/t12?,13?,14-,15+,16-,17-,20+,21-/m1/s1. The predicted molar refractivity (Wildman–Crippen MR) is 112 cm³/mol. The molecule has 6 aliphatic rings. The van der Waals surface area contributed by atoms with Crippen LogP contribution >= 0.6 is 11.6 Å². The van der Waals surface area contributed by atoms with Gasteiger partial charge in [0.15, 0.2) is 0 Å². The second-order valence-corrected chi connectivity index (χ2v) is 10.1. The van der Waals surface area contributed by atoms with Crippen molar-refractivity contribution in [1.82, 2.24) is 4.90 Å². The summed E-state index contributed by atoms with van der Waals surface area (Å²) in [6.45, 7) is 0. The number of nitrogens with zero attached hydrogens (tertiary/aromatic N) is 1. The van der Waals surface area contributed by atoms with Gasteiger partial charge in [-0.1, -0.05) is 35.9 Å². The zero-order valence-electron chi connectivity index (χ0n) is 16.7. The highest BCUT2D eigenvalue weighted by molar-refractivity contribution is 6.33. The minimum absolute atomic E-state index is 0.0309. The molecule has 30 heavy (non-hydrogen) atoms. The number of anilines is 1. The van der Waals surface area contributed by atoms with Gasteiger partial charge in [0.2, 0.25) is 17.7 Å². The van der Waals surface area contributed by atoms with Crippen LogP contribution in [0.4, 0.5) is 5.69 Å². The summed E-state index contributed by atoms with van der Waals surface area (Å²) in [6, 6.07) is 7.16. The molecule has 0 aromatic heterocycles. The summed E-state index contributed by atoms with van der Waals surface area (Å²) >= 11 is 6.15. The third-order valence-electron chi connectivity index (χ3n) is 8.26. The van der Waals surface area contributed by atoms with Gasteiger partial charge in [0.25, 0.3) is 0 Å². The van der Waals surface area contributed by atoms with Crippen LogP contribution in [0.3, 0.4) is 0 Å². The van der Waals surface area contributed by atoms with Crippen molar-refractivity contribution in [3.05, 3.63) is 41.4 Å². The summed E-state index contributed by atoms with van der Waals surface area (Å²) in [5.74, 6) is 1.50. The van der Waals surface area contributed by atoms with Gasteiger partial charge in [0.05, 0.1) is 22.5 Å². The van der Waals surface area contributed by atoms with Crippen molar-refractivity contribution in [3.63, 3.8) is 0 Å². The number of hydrogen-bond donors (Lipinski definition) is 1. The lowest BCUT2D eigenvalue weighted by atomic mass is 9.63. The Kier molecular flexibility index (Phi) is 4.14. The number of nitrogens with one attached hydrogen (secondary N) is 1. The normalized spacial score (nSPS) is 40.9. The fourth-order valence-electron chi connectivity index (χ4n) is 6.73. The van der Waals surface area contributed by atoms with Gasteiger partial charge in [0, 0.05) is 12.0 Å². The van der Waals surface area contributed by atoms with Crippen LogP contribution in [0, 0.1) is 41.4 Å². The van der Waals surface area contributed by atoms with Gasteiger partial charge in [-0.2, -0.15) is 0 Å². The zero-order chi connectivity index (χ0) is 20.6. The van der Waals surface area contributed by atoms with Gasteiger partial charge < -0.3 is 5.32 Å². The first-order chi connectivity index (χ1) is 14.5. The molecule has 1 aromatic rings. The van der Waals surface area contributed by atoms with Crippen molar-refractivity contribution in [2.24, 2.45) is 41.4 Å². The molecule has 156 valence electrons. The number of carbonyl (C=O) groups excluding carboxylic acids is 3. The molecule has 0 spiro atoms. The average Bonchev–Trinajstić information content (AvgIpc) is 3.53. The van der Waals surface area contributed by atoms with E-state index in [4.69, 9.17) is 11.6 Å². The second kappa shape index (κ2) is 6.68. The van der Waals surface area contributed by atoms with Gasteiger partial charge >= 0.3 is 0 Å². The summed E-state index contributed by atoms with van der Waals surface area (Å²) in [5.41, 5.74) is 0.627. The number of para-hydroxylation sites is 1. The van der Waals surface area contributed by atoms with E-state index in [-0.39, 0.29) is 53.4 Å². The molecule has 1 saturated heterocycles. The van der Waals surface area contributed by atoms with E-state index in [1.807, 2.05) is 12.1 Å².